The molecule has 0 saturated heterocycles. The zero-order valence-electron chi connectivity index (χ0n) is 9.29. The van der Waals surface area contributed by atoms with Gasteiger partial charge in [0.1, 0.15) is 5.82 Å². The second kappa shape index (κ2) is 4.57. The van der Waals surface area contributed by atoms with Crippen LogP contribution in [-0.4, -0.2) is 30.7 Å². The van der Waals surface area contributed by atoms with Gasteiger partial charge < -0.3 is 10.1 Å². The summed E-state index contributed by atoms with van der Waals surface area (Å²) in [5.41, 5.74) is 1.08. The zero-order valence-corrected chi connectivity index (χ0v) is 9.29. The topological polar surface area (TPSA) is 47.0 Å². The van der Waals surface area contributed by atoms with Crippen LogP contribution in [0.25, 0.3) is 0 Å². The molecule has 0 atom stereocenters. The maximum absolute atomic E-state index is 5.28. The molecule has 82 valence electrons. The highest BCUT2D eigenvalue weighted by atomic mass is 16.5. The average molecular weight is 207 g/mol. The van der Waals surface area contributed by atoms with Crippen LogP contribution in [0.4, 0.5) is 0 Å². The summed E-state index contributed by atoms with van der Waals surface area (Å²) in [6, 6.07) is 0. The normalized spacial score (nSPS) is 15.3. The van der Waals surface area contributed by atoms with Crippen molar-refractivity contribution in [3.8, 4) is 5.88 Å². The molecule has 2 rings (SSSR count). The van der Waals surface area contributed by atoms with Gasteiger partial charge in [0.2, 0.25) is 5.88 Å². The maximum Gasteiger partial charge on any atom is 0.219 e. The van der Waals surface area contributed by atoms with Crippen molar-refractivity contribution in [1.82, 2.24) is 15.3 Å². The van der Waals surface area contributed by atoms with Gasteiger partial charge in [0.15, 0.2) is 0 Å². The van der Waals surface area contributed by atoms with Crippen molar-refractivity contribution < 1.29 is 4.74 Å². The quantitative estimate of drug-likeness (QED) is 0.786. The van der Waals surface area contributed by atoms with Crippen LogP contribution in [-0.2, 0) is 6.42 Å². The van der Waals surface area contributed by atoms with Gasteiger partial charge >= 0.3 is 0 Å². The fraction of sp³-hybridized carbons (Fsp3) is 0.636. The van der Waals surface area contributed by atoms with Gasteiger partial charge in [-0.3, -0.25) is 0 Å². The number of nitrogens with zero attached hydrogens (tertiary/aromatic N) is 2. The molecule has 1 N–H and O–H groups in total. The van der Waals surface area contributed by atoms with E-state index in [1.165, 1.54) is 12.8 Å². The first-order chi connectivity index (χ1) is 7.35. The van der Waals surface area contributed by atoms with Crippen molar-refractivity contribution in [3.05, 3.63) is 17.6 Å². The lowest BCUT2D eigenvalue weighted by atomic mass is 10.2. The third kappa shape index (κ3) is 2.45. The summed E-state index contributed by atoms with van der Waals surface area (Å²) in [6.07, 6.45) is 5.25. The Hall–Kier alpha value is -1.16. The predicted octanol–water partition coefficient (Wildman–Crippen LogP) is 1.12. The predicted molar refractivity (Wildman–Crippen MR) is 58.2 cm³/mol. The highest BCUT2D eigenvalue weighted by Gasteiger charge is 2.27. The van der Waals surface area contributed by atoms with E-state index in [9.17, 15) is 0 Å². The van der Waals surface area contributed by atoms with Gasteiger partial charge in [0.05, 0.1) is 7.11 Å². The molecular formula is C11H17N3O. The first-order valence-corrected chi connectivity index (χ1v) is 5.39. The standard InChI is InChI=1S/C11H17N3O/c1-12-6-5-9-7-13-10(8-3-4-8)14-11(9)15-2/h7-8,12H,3-6H2,1-2H3. The molecule has 1 saturated carbocycles. The minimum Gasteiger partial charge on any atom is -0.481 e. The van der Waals surface area contributed by atoms with Gasteiger partial charge in [-0.15, -0.1) is 0 Å². The summed E-state index contributed by atoms with van der Waals surface area (Å²) < 4.78 is 5.28. The first-order valence-electron chi connectivity index (χ1n) is 5.39. The van der Waals surface area contributed by atoms with Crippen LogP contribution in [0, 0.1) is 0 Å². The van der Waals surface area contributed by atoms with Crippen LogP contribution in [0.3, 0.4) is 0 Å². The second-order valence-corrected chi connectivity index (χ2v) is 3.89. The smallest absolute Gasteiger partial charge is 0.219 e. The van der Waals surface area contributed by atoms with E-state index in [-0.39, 0.29) is 0 Å². The lowest BCUT2D eigenvalue weighted by Crippen LogP contribution is -2.12. The van der Waals surface area contributed by atoms with E-state index in [2.05, 4.69) is 15.3 Å². The highest BCUT2D eigenvalue weighted by Crippen LogP contribution is 2.38. The van der Waals surface area contributed by atoms with E-state index in [0.717, 1.165) is 30.2 Å². The van der Waals surface area contributed by atoms with Crippen molar-refractivity contribution in [2.45, 2.75) is 25.2 Å². The maximum atomic E-state index is 5.28. The fourth-order valence-electron chi connectivity index (χ4n) is 1.55. The Bertz CT molecular complexity index is 337. The van der Waals surface area contributed by atoms with Gasteiger partial charge in [-0.25, -0.2) is 4.98 Å². The minimum atomic E-state index is 0.581. The number of hydrogen-bond acceptors (Lipinski definition) is 4. The number of hydrogen-bond donors (Lipinski definition) is 1. The molecule has 1 aromatic rings. The largest absolute Gasteiger partial charge is 0.481 e. The minimum absolute atomic E-state index is 0.581. The molecule has 0 unspecified atom stereocenters. The molecule has 15 heavy (non-hydrogen) atoms. The summed E-state index contributed by atoms with van der Waals surface area (Å²) in [4.78, 5) is 8.83. The number of nitrogens with one attached hydrogen (secondary N) is 1. The van der Waals surface area contributed by atoms with E-state index in [1.807, 2.05) is 13.2 Å². The van der Waals surface area contributed by atoms with Crippen LogP contribution < -0.4 is 10.1 Å². The van der Waals surface area contributed by atoms with Crippen molar-refractivity contribution in [2.24, 2.45) is 0 Å². The lowest BCUT2D eigenvalue weighted by Gasteiger charge is -2.08. The first kappa shape index (κ1) is 10.4. The van der Waals surface area contributed by atoms with E-state index >= 15 is 0 Å². The summed E-state index contributed by atoms with van der Waals surface area (Å²) in [6.45, 7) is 0.919. The van der Waals surface area contributed by atoms with Crippen LogP contribution >= 0.6 is 0 Å². The molecule has 0 radical (unpaired) electrons. The van der Waals surface area contributed by atoms with Crippen molar-refractivity contribution >= 4 is 0 Å². The van der Waals surface area contributed by atoms with Crippen LogP contribution in [0.2, 0.25) is 0 Å². The second-order valence-electron chi connectivity index (χ2n) is 3.89. The van der Waals surface area contributed by atoms with E-state index in [4.69, 9.17) is 4.74 Å². The molecule has 1 heterocycles. The van der Waals surface area contributed by atoms with E-state index in [1.54, 1.807) is 7.11 Å². The molecule has 0 aromatic carbocycles. The van der Waals surface area contributed by atoms with E-state index in [0.29, 0.717) is 5.92 Å². The highest BCUT2D eigenvalue weighted by molar-refractivity contribution is 5.25. The lowest BCUT2D eigenvalue weighted by molar-refractivity contribution is 0.388. The fourth-order valence-corrected chi connectivity index (χ4v) is 1.55. The molecule has 4 nitrogen and oxygen atoms in total. The SMILES string of the molecule is CNCCc1cnc(C2CC2)nc1OC. The van der Waals surface area contributed by atoms with Crippen LogP contribution in [0.15, 0.2) is 6.20 Å². The van der Waals surface area contributed by atoms with Crippen molar-refractivity contribution in [1.29, 1.82) is 0 Å². The summed E-state index contributed by atoms with van der Waals surface area (Å²) in [5, 5.41) is 3.11. The third-order valence-corrected chi connectivity index (χ3v) is 2.62. The molecule has 1 aliphatic rings. The Kier molecular flexibility index (Phi) is 3.16. The number of aromatic nitrogens is 2. The Labute approximate surface area is 90.1 Å². The summed E-state index contributed by atoms with van der Waals surface area (Å²) >= 11 is 0. The van der Waals surface area contributed by atoms with Gasteiger partial charge in [0.25, 0.3) is 0 Å². The number of rotatable bonds is 5. The molecule has 0 bridgehead atoms. The third-order valence-electron chi connectivity index (χ3n) is 2.62. The van der Waals surface area contributed by atoms with Gasteiger partial charge in [-0.2, -0.15) is 4.98 Å². The molecule has 0 spiro atoms. The monoisotopic (exact) mass is 207 g/mol. The Morgan fingerprint density at radius 1 is 1.53 bits per heavy atom. The molecular weight excluding hydrogens is 190 g/mol. The molecule has 1 fully saturated rings. The Balaban J connectivity index is 2.15. The van der Waals surface area contributed by atoms with Gasteiger partial charge in [0, 0.05) is 17.7 Å². The zero-order chi connectivity index (χ0) is 10.7. The van der Waals surface area contributed by atoms with Crippen molar-refractivity contribution in [3.63, 3.8) is 0 Å². The number of methoxy groups -OCH3 is 1. The summed E-state index contributed by atoms with van der Waals surface area (Å²) in [7, 11) is 3.60. The van der Waals surface area contributed by atoms with Crippen LogP contribution in [0.1, 0.15) is 30.1 Å². The van der Waals surface area contributed by atoms with Crippen LogP contribution in [0.5, 0.6) is 5.88 Å². The average Bonchev–Trinajstić information content (AvgIpc) is 3.10. The molecule has 1 aliphatic carbocycles. The molecule has 0 amide bonds. The Morgan fingerprint density at radius 3 is 2.93 bits per heavy atom. The molecule has 0 aliphatic heterocycles. The number of ether oxygens (including phenoxy) is 1. The Morgan fingerprint density at radius 2 is 2.33 bits per heavy atom. The van der Waals surface area contributed by atoms with Crippen molar-refractivity contribution in [2.75, 3.05) is 20.7 Å². The van der Waals surface area contributed by atoms with Gasteiger partial charge in [-0.05, 0) is 32.9 Å². The van der Waals surface area contributed by atoms with Gasteiger partial charge in [-0.1, -0.05) is 0 Å². The number of likely N-dealkylation sites (N-methyl/N-ethyl adjacent to an activating group) is 1. The summed E-state index contributed by atoms with van der Waals surface area (Å²) in [5.74, 6) is 2.26. The molecule has 1 aromatic heterocycles. The molecule has 4 heteroatoms. The van der Waals surface area contributed by atoms with E-state index < -0.39 is 0 Å².